The van der Waals surface area contributed by atoms with Gasteiger partial charge in [0.15, 0.2) is 0 Å². The van der Waals surface area contributed by atoms with Crippen molar-refractivity contribution in [2.24, 2.45) is 0 Å². The lowest BCUT2D eigenvalue weighted by atomic mass is 10.2. The van der Waals surface area contributed by atoms with Crippen molar-refractivity contribution in [1.29, 1.82) is 0 Å². The SMILES string of the molecule is CC(CNS(=O)(=O)c1ccc(N2C(=O)CCC2=O)cc1)N1CCOCC1. The van der Waals surface area contributed by atoms with Crippen LogP contribution in [0.5, 0.6) is 0 Å². The molecule has 2 aliphatic rings. The number of ether oxygens (including phenoxy) is 1. The Morgan fingerprint density at radius 3 is 2.23 bits per heavy atom. The molecule has 0 aliphatic carbocycles. The molecule has 1 aromatic rings. The van der Waals surface area contributed by atoms with Crippen molar-refractivity contribution in [3.63, 3.8) is 0 Å². The van der Waals surface area contributed by atoms with E-state index in [0.29, 0.717) is 25.4 Å². The predicted molar refractivity (Wildman–Crippen MR) is 95.2 cm³/mol. The number of imide groups is 1. The van der Waals surface area contributed by atoms with Gasteiger partial charge in [0.2, 0.25) is 21.8 Å². The smallest absolute Gasteiger partial charge is 0.240 e. The molecule has 0 bridgehead atoms. The van der Waals surface area contributed by atoms with Gasteiger partial charge in [-0.2, -0.15) is 0 Å². The van der Waals surface area contributed by atoms with Gasteiger partial charge in [0.05, 0.1) is 23.8 Å². The number of hydrogen-bond acceptors (Lipinski definition) is 6. The summed E-state index contributed by atoms with van der Waals surface area (Å²) in [5.41, 5.74) is 0.401. The zero-order valence-corrected chi connectivity index (χ0v) is 15.5. The Kier molecular flexibility index (Phi) is 5.71. The second-order valence-electron chi connectivity index (χ2n) is 6.47. The summed E-state index contributed by atoms with van der Waals surface area (Å²) in [7, 11) is -3.66. The van der Waals surface area contributed by atoms with Crippen LogP contribution in [-0.2, 0) is 24.3 Å². The summed E-state index contributed by atoms with van der Waals surface area (Å²) in [6.07, 6.45) is 0.389. The normalized spacial score (nSPS) is 20.6. The third kappa shape index (κ3) is 4.12. The van der Waals surface area contributed by atoms with E-state index >= 15 is 0 Å². The molecule has 1 N–H and O–H groups in total. The highest BCUT2D eigenvalue weighted by atomic mass is 32.2. The van der Waals surface area contributed by atoms with Crippen LogP contribution >= 0.6 is 0 Å². The average molecular weight is 381 g/mol. The molecule has 1 aromatic carbocycles. The molecular weight excluding hydrogens is 358 g/mol. The van der Waals surface area contributed by atoms with Gasteiger partial charge in [0.1, 0.15) is 0 Å². The standard InChI is InChI=1S/C17H23N3O5S/c1-13(19-8-10-25-11-9-19)12-18-26(23,24)15-4-2-14(3-5-15)20-16(21)6-7-17(20)22/h2-5,13,18H,6-12H2,1H3. The molecule has 2 saturated heterocycles. The van der Waals surface area contributed by atoms with E-state index in [4.69, 9.17) is 4.74 Å². The van der Waals surface area contributed by atoms with Gasteiger partial charge in [-0.15, -0.1) is 0 Å². The lowest BCUT2D eigenvalue weighted by Gasteiger charge is -2.32. The second-order valence-corrected chi connectivity index (χ2v) is 8.23. The number of sulfonamides is 1. The summed E-state index contributed by atoms with van der Waals surface area (Å²) < 4.78 is 32.9. The largest absolute Gasteiger partial charge is 0.379 e. The Morgan fingerprint density at radius 2 is 1.65 bits per heavy atom. The molecule has 0 aromatic heterocycles. The molecule has 1 unspecified atom stereocenters. The fraction of sp³-hybridized carbons (Fsp3) is 0.529. The summed E-state index contributed by atoms with van der Waals surface area (Å²) >= 11 is 0. The maximum absolute atomic E-state index is 12.5. The molecule has 1 atom stereocenters. The van der Waals surface area contributed by atoms with Crippen molar-refractivity contribution < 1.29 is 22.7 Å². The molecule has 0 radical (unpaired) electrons. The number of morpholine rings is 1. The molecule has 3 rings (SSSR count). The highest BCUT2D eigenvalue weighted by Crippen LogP contribution is 2.24. The van der Waals surface area contributed by atoms with Crippen LogP contribution in [0.25, 0.3) is 0 Å². The van der Waals surface area contributed by atoms with E-state index in [9.17, 15) is 18.0 Å². The highest BCUT2D eigenvalue weighted by Gasteiger charge is 2.30. The number of hydrogen-bond donors (Lipinski definition) is 1. The molecule has 0 saturated carbocycles. The number of carbonyl (C=O) groups excluding carboxylic acids is 2. The average Bonchev–Trinajstić information content (AvgIpc) is 2.99. The summed E-state index contributed by atoms with van der Waals surface area (Å²) in [5, 5.41) is 0. The fourth-order valence-electron chi connectivity index (χ4n) is 3.10. The lowest BCUT2D eigenvalue weighted by Crippen LogP contribution is -2.47. The molecule has 0 spiro atoms. The van der Waals surface area contributed by atoms with E-state index in [0.717, 1.165) is 18.0 Å². The molecule has 9 heteroatoms. The maximum Gasteiger partial charge on any atom is 0.240 e. The lowest BCUT2D eigenvalue weighted by molar-refractivity contribution is -0.121. The van der Waals surface area contributed by atoms with Crippen LogP contribution < -0.4 is 9.62 Å². The zero-order valence-electron chi connectivity index (χ0n) is 14.7. The van der Waals surface area contributed by atoms with Crippen molar-refractivity contribution in [2.45, 2.75) is 30.7 Å². The van der Waals surface area contributed by atoms with Crippen molar-refractivity contribution >= 4 is 27.5 Å². The maximum atomic E-state index is 12.5. The van der Waals surface area contributed by atoms with Crippen LogP contribution in [0.3, 0.4) is 0 Å². The molecule has 2 fully saturated rings. The van der Waals surface area contributed by atoms with Crippen molar-refractivity contribution in [3.05, 3.63) is 24.3 Å². The molecule has 8 nitrogen and oxygen atoms in total. The third-order valence-corrected chi connectivity index (χ3v) is 6.13. The van der Waals surface area contributed by atoms with Crippen molar-refractivity contribution in [3.8, 4) is 0 Å². The van der Waals surface area contributed by atoms with Crippen LogP contribution in [0, 0.1) is 0 Å². The van der Waals surface area contributed by atoms with E-state index in [-0.39, 0.29) is 35.6 Å². The number of benzene rings is 1. The zero-order chi connectivity index (χ0) is 18.7. The monoisotopic (exact) mass is 381 g/mol. The molecular formula is C17H23N3O5S. The van der Waals surface area contributed by atoms with Gasteiger partial charge in [0.25, 0.3) is 0 Å². The van der Waals surface area contributed by atoms with Crippen LogP contribution in [0.2, 0.25) is 0 Å². The topological polar surface area (TPSA) is 96.0 Å². The summed E-state index contributed by atoms with van der Waals surface area (Å²) in [4.78, 5) is 26.9. The number of carbonyl (C=O) groups is 2. The van der Waals surface area contributed by atoms with Crippen molar-refractivity contribution in [2.75, 3.05) is 37.7 Å². The minimum Gasteiger partial charge on any atom is -0.379 e. The van der Waals surface area contributed by atoms with Gasteiger partial charge < -0.3 is 4.74 Å². The Hall–Kier alpha value is -1.81. The van der Waals surface area contributed by atoms with E-state index < -0.39 is 10.0 Å². The van der Waals surface area contributed by atoms with Gasteiger partial charge >= 0.3 is 0 Å². The fourth-order valence-corrected chi connectivity index (χ4v) is 4.22. The molecule has 2 heterocycles. The molecule has 2 aliphatic heterocycles. The summed E-state index contributed by atoms with van der Waals surface area (Å²) in [5.74, 6) is -0.522. The first kappa shape index (κ1) is 19.0. The van der Waals surface area contributed by atoms with E-state index in [1.54, 1.807) is 0 Å². The van der Waals surface area contributed by atoms with E-state index in [1.165, 1.54) is 24.3 Å². The quantitative estimate of drug-likeness (QED) is 0.714. The number of nitrogens with one attached hydrogen (secondary N) is 1. The first-order chi connectivity index (χ1) is 12.4. The van der Waals surface area contributed by atoms with Crippen LogP contribution in [0.1, 0.15) is 19.8 Å². The number of nitrogens with zero attached hydrogens (tertiary/aromatic N) is 2. The van der Waals surface area contributed by atoms with Gasteiger partial charge in [0, 0.05) is 38.5 Å². The van der Waals surface area contributed by atoms with Crippen LogP contribution in [0.15, 0.2) is 29.2 Å². The molecule has 2 amide bonds. The second kappa shape index (κ2) is 7.83. The van der Waals surface area contributed by atoms with Gasteiger partial charge in [-0.05, 0) is 31.2 Å². The Balaban J connectivity index is 1.63. The summed E-state index contributed by atoms with van der Waals surface area (Å²) in [6, 6.07) is 5.86. The first-order valence-electron chi connectivity index (χ1n) is 8.66. The number of rotatable bonds is 6. The Labute approximate surface area is 153 Å². The van der Waals surface area contributed by atoms with Crippen molar-refractivity contribution in [1.82, 2.24) is 9.62 Å². The third-order valence-electron chi connectivity index (χ3n) is 4.69. The number of anilines is 1. The van der Waals surface area contributed by atoms with E-state index in [1.807, 2.05) is 6.92 Å². The predicted octanol–water partition coefficient (Wildman–Crippen LogP) is 0.339. The first-order valence-corrected chi connectivity index (χ1v) is 10.1. The highest BCUT2D eigenvalue weighted by molar-refractivity contribution is 7.89. The van der Waals surface area contributed by atoms with Gasteiger partial charge in [-0.1, -0.05) is 0 Å². The molecule has 26 heavy (non-hydrogen) atoms. The minimum atomic E-state index is -3.66. The van der Waals surface area contributed by atoms with Gasteiger partial charge in [-0.3, -0.25) is 19.4 Å². The van der Waals surface area contributed by atoms with Gasteiger partial charge in [-0.25, -0.2) is 13.1 Å². The van der Waals surface area contributed by atoms with Crippen LogP contribution in [0.4, 0.5) is 5.69 Å². The molecule has 142 valence electrons. The summed E-state index contributed by atoms with van der Waals surface area (Å²) in [6.45, 7) is 5.17. The Morgan fingerprint density at radius 1 is 1.08 bits per heavy atom. The number of amides is 2. The Bertz CT molecular complexity index is 756. The minimum absolute atomic E-state index is 0.0628. The van der Waals surface area contributed by atoms with E-state index in [2.05, 4.69) is 9.62 Å². The van der Waals surface area contributed by atoms with Crippen LogP contribution in [-0.4, -0.2) is 64.0 Å².